The minimum atomic E-state index is -0.0479. The van der Waals surface area contributed by atoms with Crippen LogP contribution >= 0.6 is 0 Å². The Hall–Kier alpha value is -1.61. The smallest absolute Gasteiger partial charge is 0.181 e. The summed E-state index contributed by atoms with van der Waals surface area (Å²) in [7, 11) is 3.12. The van der Waals surface area contributed by atoms with Gasteiger partial charge in [-0.25, -0.2) is 0 Å². The summed E-state index contributed by atoms with van der Waals surface area (Å²) in [6, 6.07) is 7.46. The van der Waals surface area contributed by atoms with E-state index in [-0.39, 0.29) is 12.4 Å². The molecule has 80 valence electrons. The molecule has 0 radical (unpaired) electrons. The molecule has 0 spiro atoms. The number of benzene rings is 1. The van der Waals surface area contributed by atoms with Gasteiger partial charge in [-0.05, 0) is 23.8 Å². The quantitative estimate of drug-likeness (QED) is 0.690. The summed E-state index contributed by atoms with van der Waals surface area (Å²) >= 11 is 0. The zero-order chi connectivity index (χ0) is 11.1. The number of hydrogen-bond donors (Lipinski definition) is 0. The maximum atomic E-state index is 11.1. The van der Waals surface area contributed by atoms with Crippen LogP contribution in [0, 0.1) is 0 Å². The van der Waals surface area contributed by atoms with Gasteiger partial charge in [0.05, 0.1) is 7.11 Å². The van der Waals surface area contributed by atoms with Gasteiger partial charge in [-0.2, -0.15) is 0 Å². The molecule has 1 aromatic carbocycles. The third-order valence-corrected chi connectivity index (χ3v) is 1.86. The average Bonchev–Trinajstić information content (AvgIpc) is 2.27. The number of ketones is 1. The van der Waals surface area contributed by atoms with E-state index in [4.69, 9.17) is 9.47 Å². The van der Waals surface area contributed by atoms with Crippen molar-refractivity contribution < 1.29 is 14.3 Å². The van der Waals surface area contributed by atoms with Gasteiger partial charge in [-0.3, -0.25) is 4.79 Å². The van der Waals surface area contributed by atoms with Crippen molar-refractivity contribution in [2.45, 2.75) is 0 Å². The third-order valence-electron chi connectivity index (χ3n) is 1.86. The van der Waals surface area contributed by atoms with Crippen LogP contribution in [0.5, 0.6) is 5.75 Å². The summed E-state index contributed by atoms with van der Waals surface area (Å²) in [5.74, 6) is 0.753. The van der Waals surface area contributed by atoms with E-state index in [1.54, 1.807) is 13.2 Å². The predicted octanol–water partition coefficient (Wildman–Crippen LogP) is 1.92. The molecule has 0 aromatic heterocycles. The monoisotopic (exact) mass is 206 g/mol. The zero-order valence-electron chi connectivity index (χ0n) is 8.90. The van der Waals surface area contributed by atoms with Crippen LogP contribution in [0.15, 0.2) is 30.3 Å². The summed E-state index contributed by atoms with van der Waals surface area (Å²) in [4.78, 5) is 11.1. The first-order valence-corrected chi connectivity index (χ1v) is 4.60. The summed E-state index contributed by atoms with van der Waals surface area (Å²) in [5.41, 5.74) is 0.959. The van der Waals surface area contributed by atoms with Crippen molar-refractivity contribution in [3.63, 3.8) is 0 Å². The molecule has 0 atom stereocenters. The Morgan fingerprint density at radius 3 is 2.47 bits per heavy atom. The normalized spacial score (nSPS) is 10.5. The highest BCUT2D eigenvalue weighted by Gasteiger charge is 1.94. The highest BCUT2D eigenvalue weighted by Crippen LogP contribution is 2.12. The maximum absolute atomic E-state index is 11.1. The number of methoxy groups -OCH3 is 2. The molecule has 3 nitrogen and oxygen atoms in total. The van der Waals surface area contributed by atoms with Gasteiger partial charge in [-0.1, -0.05) is 18.2 Å². The molecule has 15 heavy (non-hydrogen) atoms. The van der Waals surface area contributed by atoms with Crippen molar-refractivity contribution in [1.29, 1.82) is 0 Å². The standard InChI is InChI=1S/C12H14O3/c1-14-9-11(13)6-3-10-4-7-12(15-2)8-5-10/h3-8H,9H2,1-2H3/b6-3+. The van der Waals surface area contributed by atoms with E-state index in [1.165, 1.54) is 13.2 Å². The van der Waals surface area contributed by atoms with Crippen molar-refractivity contribution in [1.82, 2.24) is 0 Å². The molecule has 0 amide bonds. The molecule has 1 rings (SSSR count). The summed E-state index contributed by atoms with van der Waals surface area (Å²) in [6.45, 7) is 0.118. The van der Waals surface area contributed by atoms with Crippen LogP contribution in [-0.2, 0) is 9.53 Å². The van der Waals surface area contributed by atoms with E-state index < -0.39 is 0 Å². The van der Waals surface area contributed by atoms with Gasteiger partial charge in [-0.15, -0.1) is 0 Å². The van der Waals surface area contributed by atoms with E-state index in [9.17, 15) is 4.79 Å². The van der Waals surface area contributed by atoms with Crippen molar-refractivity contribution in [3.05, 3.63) is 35.9 Å². The van der Waals surface area contributed by atoms with Crippen molar-refractivity contribution in [2.24, 2.45) is 0 Å². The highest BCUT2D eigenvalue weighted by atomic mass is 16.5. The summed E-state index contributed by atoms with van der Waals surface area (Å²) in [5, 5.41) is 0. The second-order valence-electron chi connectivity index (χ2n) is 3.01. The van der Waals surface area contributed by atoms with E-state index in [0.29, 0.717) is 0 Å². The van der Waals surface area contributed by atoms with Gasteiger partial charge in [0.1, 0.15) is 12.4 Å². The molecular weight excluding hydrogens is 192 g/mol. The van der Waals surface area contributed by atoms with Crippen LogP contribution < -0.4 is 4.74 Å². The molecule has 0 aliphatic heterocycles. The maximum Gasteiger partial charge on any atom is 0.181 e. The van der Waals surface area contributed by atoms with Crippen molar-refractivity contribution in [2.75, 3.05) is 20.8 Å². The minimum Gasteiger partial charge on any atom is -0.497 e. The second kappa shape index (κ2) is 5.98. The molecule has 0 fully saturated rings. The Kier molecular flexibility index (Phi) is 4.57. The van der Waals surface area contributed by atoms with E-state index >= 15 is 0 Å². The molecule has 0 unspecified atom stereocenters. The summed E-state index contributed by atoms with van der Waals surface area (Å²) < 4.78 is 9.73. The number of carbonyl (C=O) groups excluding carboxylic acids is 1. The second-order valence-corrected chi connectivity index (χ2v) is 3.01. The Labute approximate surface area is 89.3 Å². The highest BCUT2D eigenvalue weighted by molar-refractivity contribution is 5.94. The van der Waals surface area contributed by atoms with Crippen molar-refractivity contribution >= 4 is 11.9 Å². The van der Waals surface area contributed by atoms with Crippen LogP contribution in [0.4, 0.5) is 0 Å². The first-order chi connectivity index (χ1) is 7.26. The lowest BCUT2D eigenvalue weighted by Crippen LogP contribution is -2.01. The van der Waals surface area contributed by atoms with Crippen LogP contribution in [0.2, 0.25) is 0 Å². The fraction of sp³-hybridized carbons (Fsp3) is 0.250. The van der Waals surface area contributed by atoms with Crippen LogP contribution in [0.3, 0.4) is 0 Å². The zero-order valence-corrected chi connectivity index (χ0v) is 8.90. The Morgan fingerprint density at radius 2 is 1.93 bits per heavy atom. The number of hydrogen-bond acceptors (Lipinski definition) is 3. The van der Waals surface area contributed by atoms with E-state index in [2.05, 4.69) is 0 Å². The van der Waals surface area contributed by atoms with Crippen LogP contribution in [-0.4, -0.2) is 26.6 Å². The number of ether oxygens (including phenoxy) is 2. The lowest BCUT2D eigenvalue weighted by Gasteiger charge is -1.98. The lowest BCUT2D eigenvalue weighted by atomic mass is 10.2. The fourth-order valence-corrected chi connectivity index (χ4v) is 1.09. The van der Waals surface area contributed by atoms with E-state index in [1.807, 2.05) is 24.3 Å². The molecule has 0 bridgehead atoms. The minimum absolute atomic E-state index is 0.0479. The largest absolute Gasteiger partial charge is 0.497 e. The lowest BCUT2D eigenvalue weighted by molar-refractivity contribution is -0.117. The van der Waals surface area contributed by atoms with Gasteiger partial charge in [0.25, 0.3) is 0 Å². The number of rotatable bonds is 5. The topological polar surface area (TPSA) is 35.5 Å². The molecular formula is C12H14O3. The molecule has 0 N–H and O–H groups in total. The number of carbonyl (C=O) groups is 1. The predicted molar refractivity (Wildman–Crippen MR) is 58.9 cm³/mol. The molecule has 0 saturated heterocycles. The summed E-state index contributed by atoms with van der Waals surface area (Å²) in [6.07, 6.45) is 3.26. The Balaban J connectivity index is 2.60. The van der Waals surface area contributed by atoms with Gasteiger partial charge in [0.2, 0.25) is 0 Å². The molecule has 0 aliphatic carbocycles. The molecule has 0 saturated carbocycles. The first kappa shape index (κ1) is 11.5. The van der Waals surface area contributed by atoms with Crippen LogP contribution in [0.25, 0.3) is 6.08 Å². The average molecular weight is 206 g/mol. The Bertz CT molecular complexity index is 338. The fourth-order valence-electron chi connectivity index (χ4n) is 1.09. The van der Waals surface area contributed by atoms with E-state index in [0.717, 1.165) is 11.3 Å². The van der Waals surface area contributed by atoms with Gasteiger partial charge < -0.3 is 9.47 Å². The van der Waals surface area contributed by atoms with Gasteiger partial charge in [0.15, 0.2) is 5.78 Å². The van der Waals surface area contributed by atoms with Gasteiger partial charge >= 0.3 is 0 Å². The SMILES string of the molecule is COCC(=O)/C=C/c1ccc(OC)cc1. The molecule has 0 heterocycles. The molecule has 1 aromatic rings. The molecule has 3 heteroatoms. The first-order valence-electron chi connectivity index (χ1n) is 4.60. The van der Waals surface area contributed by atoms with Gasteiger partial charge in [0, 0.05) is 7.11 Å². The van der Waals surface area contributed by atoms with Crippen molar-refractivity contribution in [3.8, 4) is 5.75 Å². The third kappa shape index (κ3) is 3.95. The van der Waals surface area contributed by atoms with Crippen LogP contribution in [0.1, 0.15) is 5.56 Å². The molecule has 0 aliphatic rings. The Morgan fingerprint density at radius 1 is 1.27 bits per heavy atom.